The minimum atomic E-state index is 0.335. The molecule has 3 atom stereocenters. The summed E-state index contributed by atoms with van der Waals surface area (Å²) in [7, 11) is 0. The lowest BCUT2D eigenvalue weighted by molar-refractivity contribution is -0.124. The molecule has 2 nitrogen and oxygen atoms in total. The summed E-state index contributed by atoms with van der Waals surface area (Å²) in [6, 6.07) is 8.43. The maximum atomic E-state index is 12.6. The number of Topliss-reactive ketones (excluding diaryl/α,β-unsaturated/α-hetero) is 1. The van der Waals surface area contributed by atoms with Crippen molar-refractivity contribution in [3.63, 3.8) is 0 Å². The van der Waals surface area contributed by atoms with Gasteiger partial charge >= 0.3 is 0 Å². The van der Waals surface area contributed by atoms with Crippen LogP contribution in [0.25, 0.3) is 0 Å². The second kappa shape index (κ2) is 5.99. The third-order valence-corrected chi connectivity index (χ3v) is 5.20. The third kappa shape index (κ3) is 2.74. The third-order valence-electron chi connectivity index (χ3n) is 5.20. The van der Waals surface area contributed by atoms with Gasteiger partial charge in [0, 0.05) is 30.5 Å². The number of para-hydroxylation sites is 1. The molecule has 108 valence electrons. The lowest BCUT2D eigenvalue weighted by Crippen LogP contribution is -2.24. The SMILES string of the molecule is CCC1CCCC(C(=O)CC2CNc3ccccc32)C1. The van der Waals surface area contributed by atoms with Crippen molar-refractivity contribution < 1.29 is 4.79 Å². The van der Waals surface area contributed by atoms with Crippen molar-refractivity contribution in [2.75, 3.05) is 11.9 Å². The minimum Gasteiger partial charge on any atom is -0.384 e. The molecule has 2 aliphatic rings. The van der Waals surface area contributed by atoms with E-state index in [9.17, 15) is 4.79 Å². The van der Waals surface area contributed by atoms with Crippen LogP contribution in [0.1, 0.15) is 56.9 Å². The summed E-state index contributed by atoms with van der Waals surface area (Å²) in [4.78, 5) is 12.6. The minimum absolute atomic E-state index is 0.335. The number of hydrogen-bond acceptors (Lipinski definition) is 2. The first kappa shape index (κ1) is 13.7. The molecule has 1 aromatic carbocycles. The number of ketones is 1. The van der Waals surface area contributed by atoms with Crippen molar-refractivity contribution in [2.45, 2.75) is 51.4 Å². The molecule has 1 aromatic rings. The smallest absolute Gasteiger partial charge is 0.136 e. The number of benzene rings is 1. The molecule has 1 saturated carbocycles. The highest BCUT2D eigenvalue weighted by molar-refractivity contribution is 5.82. The summed E-state index contributed by atoms with van der Waals surface area (Å²) in [5.41, 5.74) is 2.56. The van der Waals surface area contributed by atoms with Gasteiger partial charge in [-0.15, -0.1) is 0 Å². The normalized spacial score (nSPS) is 28.8. The molecular weight excluding hydrogens is 246 g/mol. The zero-order chi connectivity index (χ0) is 13.9. The molecule has 0 amide bonds. The Bertz CT molecular complexity index is 482. The molecule has 0 radical (unpaired) electrons. The highest BCUT2D eigenvalue weighted by Gasteiger charge is 2.30. The van der Waals surface area contributed by atoms with Crippen molar-refractivity contribution in [3.05, 3.63) is 29.8 Å². The van der Waals surface area contributed by atoms with Crippen LogP contribution in [0.4, 0.5) is 5.69 Å². The number of fused-ring (bicyclic) bond motifs is 1. The lowest BCUT2D eigenvalue weighted by atomic mass is 9.76. The molecule has 20 heavy (non-hydrogen) atoms. The molecule has 1 N–H and O–H groups in total. The largest absolute Gasteiger partial charge is 0.384 e. The van der Waals surface area contributed by atoms with Crippen LogP contribution >= 0.6 is 0 Å². The molecule has 1 aliphatic carbocycles. The van der Waals surface area contributed by atoms with Crippen LogP contribution in [0.15, 0.2) is 24.3 Å². The first-order chi connectivity index (χ1) is 9.78. The highest BCUT2D eigenvalue weighted by Crippen LogP contribution is 2.37. The van der Waals surface area contributed by atoms with E-state index >= 15 is 0 Å². The van der Waals surface area contributed by atoms with Gasteiger partial charge in [-0.3, -0.25) is 4.79 Å². The Hall–Kier alpha value is -1.31. The molecule has 0 aromatic heterocycles. The van der Waals surface area contributed by atoms with Crippen LogP contribution < -0.4 is 5.32 Å². The first-order valence-corrected chi connectivity index (χ1v) is 8.13. The van der Waals surface area contributed by atoms with Gasteiger partial charge in [0.2, 0.25) is 0 Å². The zero-order valence-corrected chi connectivity index (χ0v) is 12.4. The fourth-order valence-electron chi connectivity index (χ4n) is 3.90. The predicted octanol–water partition coefficient (Wildman–Crippen LogP) is 4.37. The summed E-state index contributed by atoms with van der Waals surface area (Å²) in [5, 5.41) is 3.43. The maximum Gasteiger partial charge on any atom is 0.136 e. The second-order valence-electron chi connectivity index (χ2n) is 6.47. The van der Waals surface area contributed by atoms with Gasteiger partial charge in [-0.05, 0) is 30.4 Å². The van der Waals surface area contributed by atoms with Crippen LogP contribution in [0.5, 0.6) is 0 Å². The van der Waals surface area contributed by atoms with E-state index in [1.807, 2.05) is 0 Å². The van der Waals surface area contributed by atoms with E-state index in [4.69, 9.17) is 0 Å². The topological polar surface area (TPSA) is 29.1 Å². The number of nitrogens with one attached hydrogen (secondary N) is 1. The standard InChI is InChI=1S/C18H25NO/c1-2-13-6-5-7-14(10-13)18(20)11-15-12-19-17-9-4-3-8-16(15)17/h3-4,8-9,13-15,19H,2,5-7,10-12H2,1H3. The summed E-state index contributed by atoms with van der Waals surface area (Å²) >= 11 is 0. The van der Waals surface area contributed by atoms with E-state index in [0.29, 0.717) is 17.6 Å². The van der Waals surface area contributed by atoms with Gasteiger partial charge in [0.05, 0.1) is 0 Å². The Labute approximate surface area is 122 Å². The lowest BCUT2D eigenvalue weighted by Gasteiger charge is -2.28. The number of carbonyl (C=O) groups is 1. The summed E-state index contributed by atoms with van der Waals surface area (Å²) in [5.74, 6) is 2.01. The zero-order valence-electron chi connectivity index (χ0n) is 12.4. The van der Waals surface area contributed by atoms with E-state index in [2.05, 4.69) is 36.5 Å². The van der Waals surface area contributed by atoms with Crippen LogP contribution in [0, 0.1) is 11.8 Å². The van der Waals surface area contributed by atoms with Crippen molar-refractivity contribution >= 4 is 11.5 Å². The van der Waals surface area contributed by atoms with E-state index in [1.54, 1.807) is 0 Å². The molecule has 1 fully saturated rings. The monoisotopic (exact) mass is 271 g/mol. The van der Waals surface area contributed by atoms with Gasteiger partial charge in [0.25, 0.3) is 0 Å². The molecule has 0 spiro atoms. The molecule has 2 heteroatoms. The molecule has 0 saturated heterocycles. The number of carbonyl (C=O) groups excluding carboxylic acids is 1. The van der Waals surface area contributed by atoms with Gasteiger partial charge in [-0.25, -0.2) is 0 Å². The number of rotatable bonds is 4. The van der Waals surface area contributed by atoms with Crippen molar-refractivity contribution in [1.82, 2.24) is 0 Å². The quantitative estimate of drug-likeness (QED) is 0.881. The van der Waals surface area contributed by atoms with Crippen LogP contribution in [-0.4, -0.2) is 12.3 Å². The van der Waals surface area contributed by atoms with Gasteiger partial charge in [-0.1, -0.05) is 44.4 Å². The molecular formula is C18H25NO. The summed E-state index contributed by atoms with van der Waals surface area (Å²) in [6.07, 6.45) is 6.79. The average Bonchev–Trinajstić information content (AvgIpc) is 2.90. The van der Waals surface area contributed by atoms with Crippen LogP contribution in [0.3, 0.4) is 0 Å². The van der Waals surface area contributed by atoms with Crippen LogP contribution in [-0.2, 0) is 4.79 Å². The number of anilines is 1. The van der Waals surface area contributed by atoms with E-state index in [1.165, 1.54) is 30.5 Å². The summed E-state index contributed by atoms with van der Waals surface area (Å²) in [6.45, 7) is 3.18. The fourth-order valence-corrected chi connectivity index (χ4v) is 3.90. The van der Waals surface area contributed by atoms with Gasteiger partial charge in [-0.2, -0.15) is 0 Å². The molecule has 3 unspecified atom stereocenters. The Morgan fingerprint density at radius 2 is 2.15 bits per heavy atom. The predicted molar refractivity (Wildman–Crippen MR) is 83.0 cm³/mol. The van der Waals surface area contributed by atoms with Gasteiger partial charge in [0.1, 0.15) is 5.78 Å². The van der Waals surface area contributed by atoms with E-state index in [-0.39, 0.29) is 0 Å². The summed E-state index contributed by atoms with van der Waals surface area (Å²) < 4.78 is 0. The number of hydrogen-bond donors (Lipinski definition) is 1. The van der Waals surface area contributed by atoms with Gasteiger partial charge in [0.15, 0.2) is 0 Å². The highest BCUT2D eigenvalue weighted by atomic mass is 16.1. The Morgan fingerprint density at radius 1 is 1.30 bits per heavy atom. The molecule has 0 bridgehead atoms. The first-order valence-electron chi connectivity index (χ1n) is 8.13. The molecule has 1 aliphatic heterocycles. The Kier molecular flexibility index (Phi) is 4.09. The van der Waals surface area contributed by atoms with E-state index < -0.39 is 0 Å². The average molecular weight is 271 g/mol. The molecule has 3 rings (SSSR count). The van der Waals surface area contributed by atoms with Crippen molar-refractivity contribution in [3.8, 4) is 0 Å². The molecule has 1 heterocycles. The van der Waals surface area contributed by atoms with Crippen LogP contribution in [0.2, 0.25) is 0 Å². The maximum absolute atomic E-state index is 12.6. The van der Waals surface area contributed by atoms with Crippen molar-refractivity contribution in [2.24, 2.45) is 11.8 Å². The van der Waals surface area contributed by atoms with Crippen molar-refractivity contribution in [1.29, 1.82) is 0 Å². The Morgan fingerprint density at radius 3 is 3.00 bits per heavy atom. The fraction of sp³-hybridized carbons (Fsp3) is 0.611. The second-order valence-corrected chi connectivity index (χ2v) is 6.47. The van der Waals surface area contributed by atoms with E-state index in [0.717, 1.165) is 31.7 Å². The Balaban J connectivity index is 1.62. The van der Waals surface area contributed by atoms with Gasteiger partial charge < -0.3 is 5.32 Å².